The molecule has 0 aliphatic carbocycles. The van der Waals surface area contributed by atoms with Gasteiger partial charge in [0.25, 0.3) is 11.1 Å². The minimum Gasteiger partial charge on any atom is -0.441 e. The number of fused-ring (bicyclic) bond motifs is 3. The summed E-state index contributed by atoms with van der Waals surface area (Å²) in [5, 5.41) is 1.08. The number of aromatic nitrogens is 6. The zero-order valence-corrected chi connectivity index (χ0v) is 24.5. The number of para-hydroxylation sites is 1. The lowest BCUT2D eigenvalue weighted by atomic mass is 10.0. The van der Waals surface area contributed by atoms with Crippen molar-refractivity contribution in [1.29, 1.82) is 0 Å². The Morgan fingerprint density at radius 3 is 2.04 bits per heavy atom. The van der Waals surface area contributed by atoms with E-state index < -0.39 is 0 Å². The number of nitrogens with zero attached hydrogens (tertiary/aromatic N) is 4. The summed E-state index contributed by atoms with van der Waals surface area (Å²) in [5.74, 6) is 2.99. The van der Waals surface area contributed by atoms with Gasteiger partial charge in [0.1, 0.15) is 17.2 Å². The number of H-pyrrole nitrogens is 2. The van der Waals surface area contributed by atoms with Crippen molar-refractivity contribution in [3.63, 3.8) is 0 Å². The average molecular weight is 607 g/mol. The summed E-state index contributed by atoms with van der Waals surface area (Å²) in [5.41, 5.74) is 5.06. The van der Waals surface area contributed by atoms with E-state index in [0.29, 0.717) is 82.3 Å². The van der Waals surface area contributed by atoms with Crippen molar-refractivity contribution >= 4 is 32.9 Å². The summed E-state index contributed by atoms with van der Waals surface area (Å²) in [7, 11) is 0. The first-order valence-corrected chi connectivity index (χ1v) is 15.0. The maximum absolute atomic E-state index is 12.9. The molecule has 4 aromatic carbocycles. The second-order valence-corrected chi connectivity index (χ2v) is 11.0. The van der Waals surface area contributed by atoms with Crippen molar-refractivity contribution in [3.8, 4) is 22.5 Å². The van der Waals surface area contributed by atoms with E-state index in [2.05, 4.69) is 24.9 Å². The molecular formula is C36H26N6O4. The number of hydrogen-bond donors (Lipinski definition) is 2. The molecule has 0 amide bonds. The summed E-state index contributed by atoms with van der Waals surface area (Å²) >= 11 is 0. The molecule has 0 aliphatic heterocycles. The molecule has 0 spiro atoms. The van der Waals surface area contributed by atoms with Gasteiger partial charge in [0.15, 0.2) is 23.1 Å². The first-order valence-electron chi connectivity index (χ1n) is 15.0. The smallest absolute Gasteiger partial charge is 0.258 e. The lowest BCUT2D eigenvalue weighted by Crippen LogP contribution is -2.12. The maximum Gasteiger partial charge on any atom is 0.258 e. The monoisotopic (exact) mass is 606 g/mol. The normalized spacial score (nSPS) is 11.6. The van der Waals surface area contributed by atoms with Crippen LogP contribution >= 0.6 is 0 Å². The second kappa shape index (κ2) is 11.4. The van der Waals surface area contributed by atoms with Gasteiger partial charge in [0.05, 0.1) is 28.0 Å². The van der Waals surface area contributed by atoms with Crippen LogP contribution in [0.25, 0.3) is 55.4 Å². The van der Waals surface area contributed by atoms with Crippen LogP contribution in [0.2, 0.25) is 0 Å². The van der Waals surface area contributed by atoms with Crippen molar-refractivity contribution in [3.05, 3.63) is 141 Å². The first kappa shape index (κ1) is 27.4. The quantitative estimate of drug-likeness (QED) is 0.208. The minimum atomic E-state index is -0.193. The highest BCUT2D eigenvalue weighted by molar-refractivity contribution is 5.86. The van der Waals surface area contributed by atoms with Crippen LogP contribution in [0.15, 0.2) is 116 Å². The van der Waals surface area contributed by atoms with Crippen LogP contribution < -0.4 is 11.1 Å². The van der Waals surface area contributed by atoms with Gasteiger partial charge >= 0.3 is 0 Å². The molecule has 4 aromatic heterocycles. The number of benzene rings is 4. The third kappa shape index (κ3) is 5.36. The molecule has 8 rings (SSSR count). The third-order valence-corrected chi connectivity index (χ3v) is 7.95. The Morgan fingerprint density at radius 1 is 0.543 bits per heavy atom. The van der Waals surface area contributed by atoms with Gasteiger partial charge in [0.2, 0.25) is 0 Å². The van der Waals surface area contributed by atoms with E-state index in [1.165, 1.54) is 0 Å². The van der Waals surface area contributed by atoms with E-state index in [9.17, 15) is 9.59 Å². The molecule has 0 saturated carbocycles. The Morgan fingerprint density at radius 2 is 1.22 bits per heavy atom. The van der Waals surface area contributed by atoms with Crippen LogP contribution in [0.4, 0.5) is 0 Å². The standard InChI is InChI=1S/C36H26N6O4/c43-35-24-8-4-5-9-26(24)38-31(41-35)15-17-34-40-27-13-11-23(19-29(27)45-34)22-10-12-25-28(18-22)39-32(42-36(25)44)14-16-33-37-20-30(46-33)21-6-2-1-3-7-21/h1-13,18-20H,14-17H2,(H,38,41,43)(H,39,42,44). The predicted octanol–water partition coefficient (Wildman–Crippen LogP) is 6.19. The zero-order chi connectivity index (χ0) is 31.0. The molecule has 0 saturated heterocycles. The summed E-state index contributed by atoms with van der Waals surface area (Å²) < 4.78 is 12.0. The molecule has 8 aromatic rings. The number of rotatable bonds is 8. The van der Waals surface area contributed by atoms with Crippen molar-refractivity contribution in [2.45, 2.75) is 25.7 Å². The van der Waals surface area contributed by atoms with Crippen LogP contribution in [-0.4, -0.2) is 29.9 Å². The van der Waals surface area contributed by atoms with Crippen LogP contribution in [-0.2, 0) is 25.7 Å². The predicted molar refractivity (Wildman–Crippen MR) is 174 cm³/mol. The van der Waals surface area contributed by atoms with Crippen molar-refractivity contribution in [2.75, 3.05) is 0 Å². The Bertz CT molecular complexity index is 2490. The highest BCUT2D eigenvalue weighted by atomic mass is 16.4. The fourth-order valence-corrected chi connectivity index (χ4v) is 5.61. The second-order valence-electron chi connectivity index (χ2n) is 11.0. The lowest BCUT2D eigenvalue weighted by Gasteiger charge is -2.05. The first-order chi connectivity index (χ1) is 22.6. The van der Waals surface area contributed by atoms with Crippen LogP contribution in [0, 0.1) is 0 Å². The summed E-state index contributed by atoms with van der Waals surface area (Å²) in [6.07, 6.45) is 3.65. The van der Waals surface area contributed by atoms with E-state index in [1.54, 1.807) is 18.3 Å². The summed E-state index contributed by atoms with van der Waals surface area (Å²) in [6, 6.07) is 28.5. The molecule has 0 radical (unpaired) electrons. The molecule has 2 N–H and O–H groups in total. The van der Waals surface area contributed by atoms with Crippen molar-refractivity contribution in [2.24, 2.45) is 0 Å². The number of aromatic amines is 2. The summed E-state index contributed by atoms with van der Waals surface area (Å²) in [4.78, 5) is 49.4. The molecule has 0 aliphatic rings. The van der Waals surface area contributed by atoms with Gasteiger partial charge in [0, 0.05) is 31.2 Å². The van der Waals surface area contributed by atoms with E-state index in [1.807, 2.05) is 78.9 Å². The Labute approximate surface area is 260 Å². The summed E-state index contributed by atoms with van der Waals surface area (Å²) in [6.45, 7) is 0. The molecule has 4 heterocycles. The molecule has 10 nitrogen and oxygen atoms in total. The van der Waals surface area contributed by atoms with Crippen LogP contribution in [0.3, 0.4) is 0 Å². The SMILES string of the molecule is O=c1[nH]c(CCc2ncc(-c3ccccc3)o2)nc2cc(-c3ccc4nc(CCc5nc6ccccc6c(=O)[nH]5)oc4c3)ccc12. The van der Waals surface area contributed by atoms with Crippen LogP contribution in [0.1, 0.15) is 23.4 Å². The van der Waals surface area contributed by atoms with E-state index in [0.717, 1.165) is 22.2 Å². The van der Waals surface area contributed by atoms with Gasteiger partial charge in [-0.05, 0) is 47.5 Å². The van der Waals surface area contributed by atoms with Gasteiger partial charge in [-0.25, -0.2) is 19.9 Å². The van der Waals surface area contributed by atoms with Gasteiger partial charge in [-0.1, -0.05) is 54.6 Å². The minimum absolute atomic E-state index is 0.159. The largest absolute Gasteiger partial charge is 0.441 e. The zero-order valence-electron chi connectivity index (χ0n) is 24.5. The maximum atomic E-state index is 12.9. The van der Waals surface area contributed by atoms with Crippen molar-refractivity contribution in [1.82, 2.24) is 29.9 Å². The number of nitrogens with one attached hydrogen (secondary N) is 2. The third-order valence-electron chi connectivity index (χ3n) is 7.95. The molecule has 46 heavy (non-hydrogen) atoms. The topological polar surface area (TPSA) is 144 Å². The van der Waals surface area contributed by atoms with Gasteiger partial charge < -0.3 is 18.8 Å². The Kier molecular flexibility index (Phi) is 6.79. The van der Waals surface area contributed by atoms with Gasteiger partial charge in [-0.3, -0.25) is 9.59 Å². The van der Waals surface area contributed by atoms with E-state index in [-0.39, 0.29) is 11.1 Å². The Hall–Kier alpha value is -6.16. The molecule has 0 bridgehead atoms. The van der Waals surface area contributed by atoms with Crippen molar-refractivity contribution < 1.29 is 8.83 Å². The average Bonchev–Trinajstić information content (AvgIpc) is 3.73. The Balaban J connectivity index is 1.00. The highest BCUT2D eigenvalue weighted by Gasteiger charge is 2.13. The fraction of sp³-hybridized carbons (Fsp3) is 0.111. The molecule has 0 fully saturated rings. The molecule has 224 valence electrons. The molecule has 10 heteroatoms. The van der Waals surface area contributed by atoms with Gasteiger partial charge in [-0.15, -0.1) is 0 Å². The number of oxazole rings is 2. The van der Waals surface area contributed by atoms with Crippen LogP contribution in [0.5, 0.6) is 0 Å². The number of aryl methyl sites for hydroxylation is 4. The molecular weight excluding hydrogens is 580 g/mol. The van der Waals surface area contributed by atoms with E-state index in [4.69, 9.17) is 13.8 Å². The van der Waals surface area contributed by atoms with E-state index >= 15 is 0 Å². The van der Waals surface area contributed by atoms with Gasteiger partial charge in [-0.2, -0.15) is 0 Å². The molecule has 0 atom stereocenters. The highest BCUT2D eigenvalue weighted by Crippen LogP contribution is 2.27. The number of hydrogen-bond acceptors (Lipinski definition) is 8. The lowest BCUT2D eigenvalue weighted by molar-refractivity contribution is 0.503. The molecule has 0 unspecified atom stereocenters. The fourth-order valence-electron chi connectivity index (χ4n) is 5.61.